The molecule has 0 aliphatic carbocycles. The number of carbonyl (C=O) groups excluding carboxylic acids is 2. The molecule has 0 aliphatic heterocycles. The van der Waals surface area contributed by atoms with E-state index in [0.717, 1.165) is 11.3 Å². The van der Waals surface area contributed by atoms with Gasteiger partial charge in [-0.2, -0.15) is 0 Å². The third-order valence-electron chi connectivity index (χ3n) is 4.69. The quantitative estimate of drug-likeness (QED) is 0.370. The van der Waals surface area contributed by atoms with E-state index >= 15 is 0 Å². The minimum absolute atomic E-state index is 0.0423. The normalized spacial score (nSPS) is 11.8. The highest BCUT2D eigenvalue weighted by Crippen LogP contribution is 2.23. The number of amides is 2. The molecule has 0 saturated heterocycles. The fourth-order valence-corrected chi connectivity index (χ4v) is 2.92. The zero-order chi connectivity index (χ0) is 23.0. The van der Waals surface area contributed by atoms with E-state index in [1.807, 2.05) is 52.0 Å². The Labute approximate surface area is 183 Å². The molecule has 9 nitrogen and oxygen atoms in total. The Kier molecular flexibility index (Phi) is 8.75. The number of anilines is 3. The average Bonchev–Trinajstić information content (AvgIpc) is 2.72. The van der Waals surface area contributed by atoms with Gasteiger partial charge in [0.15, 0.2) is 11.5 Å². The molecule has 1 aromatic heterocycles. The summed E-state index contributed by atoms with van der Waals surface area (Å²) in [7, 11) is 1.75. The number of primary amides is 1. The van der Waals surface area contributed by atoms with Crippen LogP contribution in [0.15, 0.2) is 24.3 Å². The van der Waals surface area contributed by atoms with Gasteiger partial charge in [-0.05, 0) is 58.4 Å². The molecule has 0 aliphatic rings. The van der Waals surface area contributed by atoms with Crippen molar-refractivity contribution in [1.29, 1.82) is 0 Å². The molecular weight excluding hydrogens is 394 g/mol. The first-order valence-corrected chi connectivity index (χ1v) is 10.5. The van der Waals surface area contributed by atoms with Crippen LogP contribution in [0.3, 0.4) is 0 Å². The van der Waals surface area contributed by atoms with Crippen LogP contribution in [0.25, 0.3) is 0 Å². The number of hydrogen-bond donors (Lipinski definition) is 5. The number of carbonyl (C=O) groups is 2. The Bertz CT molecular complexity index is 915. The van der Waals surface area contributed by atoms with E-state index in [0.29, 0.717) is 36.7 Å². The number of nitrogens with zero attached hydrogens (tertiary/aromatic N) is 2. The summed E-state index contributed by atoms with van der Waals surface area (Å²) in [4.78, 5) is 32.9. The lowest BCUT2D eigenvalue weighted by Gasteiger charge is -2.17. The van der Waals surface area contributed by atoms with Gasteiger partial charge in [-0.25, -0.2) is 9.97 Å². The maximum Gasteiger partial charge on any atom is 0.271 e. The second-order valence-corrected chi connectivity index (χ2v) is 7.61. The van der Waals surface area contributed by atoms with E-state index in [2.05, 4.69) is 31.2 Å². The van der Waals surface area contributed by atoms with E-state index in [-0.39, 0.29) is 23.7 Å². The standard InChI is InChI=1S/C22H33N7O2/c1-6-17-20(26-13(2)3)29-21(18(28-17)19(23)30)27-16-9-7-8-15(12-16)10-11-25-22(31)14(4)24-5/h7-9,12-14,24H,6,10-11H2,1-5H3,(H2,23,30)(H,25,31)(H2,26,27,29)/t14-/m0/s1. The van der Waals surface area contributed by atoms with Crippen molar-refractivity contribution in [2.24, 2.45) is 5.73 Å². The van der Waals surface area contributed by atoms with Crippen molar-refractivity contribution in [2.45, 2.75) is 52.6 Å². The Morgan fingerprint density at radius 2 is 1.87 bits per heavy atom. The smallest absolute Gasteiger partial charge is 0.271 e. The molecule has 0 saturated carbocycles. The number of rotatable bonds is 11. The van der Waals surface area contributed by atoms with Crippen LogP contribution in [-0.4, -0.2) is 47.5 Å². The van der Waals surface area contributed by atoms with Crippen LogP contribution in [0.2, 0.25) is 0 Å². The van der Waals surface area contributed by atoms with Crippen molar-refractivity contribution in [1.82, 2.24) is 20.6 Å². The van der Waals surface area contributed by atoms with Crippen LogP contribution >= 0.6 is 0 Å². The van der Waals surface area contributed by atoms with Gasteiger partial charge in [0, 0.05) is 18.3 Å². The van der Waals surface area contributed by atoms with Crippen molar-refractivity contribution in [3.8, 4) is 0 Å². The van der Waals surface area contributed by atoms with E-state index in [1.165, 1.54) is 0 Å². The van der Waals surface area contributed by atoms with Crippen molar-refractivity contribution < 1.29 is 9.59 Å². The molecule has 6 N–H and O–H groups in total. The van der Waals surface area contributed by atoms with Crippen LogP contribution in [0.4, 0.5) is 17.3 Å². The van der Waals surface area contributed by atoms with Gasteiger partial charge in [-0.15, -0.1) is 0 Å². The van der Waals surface area contributed by atoms with Crippen molar-refractivity contribution in [3.05, 3.63) is 41.2 Å². The summed E-state index contributed by atoms with van der Waals surface area (Å²) in [6.45, 7) is 8.30. The van der Waals surface area contributed by atoms with Crippen LogP contribution in [0, 0.1) is 0 Å². The Hall–Kier alpha value is -3.20. The predicted molar refractivity (Wildman–Crippen MR) is 124 cm³/mol. The molecule has 9 heteroatoms. The number of benzene rings is 1. The lowest BCUT2D eigenvalue weighted by Crippen LogP contribution is -2.41. The largest absolute Gasteiger partial charge is 0.366 e. The third-order valence-corrected chi connectivity index (χ3v) is 4.69. The molecule has 168 valence electrons. The van der Waals surface area contributed by atoms with Gasteiger partial charge in [0.25, 0.3) is 5.91 Å². The summed E-state index contributed by atoms with van der Waals surface area (Å²) in [5, 5.41) is 12.3. The monoisotopic (exact) mass is 427 g/mol. The molecule has 2 amide bonds. The Morgan fingerprint density at radius 3 is 2.48 bits per heavy atom. The predicted octanol–water partition coefficient (Wildman–Crippen LogP) is 1.97. The minimum atomic E-state index is -0.640. The van der Waals surface area contributed by atoms with Gasteiger partial charge in [0.05, 0.1) is 11.7 Å². The van der Waals surface area contributed by atoms with E-state index in [1.54, 1.807) is 7.05 Å². The maximum atomic E-state index is 12.0. The molecule has 0 bridgehead atoms. The Morgan fingerprint density at radius 1 is 1.13 bits per heavy atom. The average molecular weight is 428 g/mol. The summed E-state index contributed by atoms with van der Waals surface area (Å²) in [5.41, 5.74) is 8.13. The zero-order valence-corrected chi connectivity index (χ0v) is 18.9. The lowest BCUT2D eigenvalue weighted by molar-refractivity contribution is -0.122. The first kappa shape index (κ1) is 24.1. The SMILES string of the molecule is CCc1nc(C(N)=O)c(Nc2cccc(CCNC(=O)[C@H](C)NC)c2)nc1NC(C)C. The molecule has 0 fully saturated rings. The van der Waals surface area contributed by atoms with E-state index in [4.69, 9.17) is 5.73 Å². The Balaban J connectivity index is 2.20. The van der Waals surface area contributed by atoms with Gasteiger partial charge in [-0.3, -0.25) is 9.59 Å². The molecular formula is C22H33N7O2. The third kappa shape index (κ3) is 6.92. The molecule has 2 aromatic rings. The highest BCUT2D eigenvalue weighted by Gasteiger charge is 2.18. The van der Waals surface area contributed by atoms with Crippen LogP contribution in [0.5, 0.6) is 0 Å². The highest BCUT2D eigenvalue weighted by atomic mass is 16.2. The van der Waals surface area contributed by atoms with Gasteiger partial charge in [0.1, 0.15) is 5.82 Å². The minimum Gasteiger partial charge on any atom is -0.366 e. The second-order valence-electron chi connectivity index (χ2n) is 7.61. The summed E-state index contributed by atoms with van der Waals surface area (Å²) < 4.78 is 0. The summed E-state index contributed by atoms with van der Waals surface area (Å²) in [5.74, 6) is 0.251. The summed E-state index contributed by atoms with van der Waals surface area (Å²) in [6, 6.07) is 7.63. The molecule has 0 radical (unpaired) electrons. The highest BCUT2D eigenvalue weighted by molar-refractivity contribution is 5.96. The van der Waals surface area contributed by atoms with E-state index < -0.39 is 5.91 Å². The lowest BCUT2D eigenvalue weighted by atomic mass is 10.1. The number of likely N-dealkylation sites (N-methyl/N-ethyl adjacent to an activating group) is 1. The molecule has 2 rings (SSSR count). The first-order valence-electron chi connectivity index (χ1n) is 10.5. The number of aromatic nitrogens is 2. The molecule has 31 heavy (non-hydrogen) atoms. The number of hydrogen-bond acceptors (Lipinski definition) is 7. The number of nitrogens with one attached hydrogen (secondary N) is 4. The van der Waals surface area contributed by atoms with Crippen molar-refractivity contribution in [3.63, 3.8) is 0 Å². The summed E-state index contributed by atoms with van der Waals surface area (Å²) in [6.07, 6.45) is 1.29. The number of aryl methyl sites for hydroxylation is 1. The summed E-state index contributed by atoms with van der Waals surface area (Å²) >= 11 is 0. The van der Waals surface area contributed by atoms with Crippen molar-refractivity contribution >= 4 is 29.1 Å². The van der Waals surface area contributed by atoms with Gasteiger partial charge >= 0.3 is 0 Å². The molecule has 0 spiro atoms. The zero-order valence-electron chi connectivity index (χ0n) is 18.9. The van der Waals surface area contributed by atoms with Gasteiger partial charge in [-0.1, -0.05) is 19.1 Å². The van der Waals surface area contributed by atoms with Crippen LogP contribution in [0.1, 0.15) is 49.4 Å². The van der Waals surface area contributed by atoms with Crippen LogP contribution in [-0.2, 0) is 17.6 Å². The molecule has 1 atom stereocenters. The van der Waals surface area contributed by atoms with Crippen LogP contribution < -0.4 is 27.0 Å². The molecule has 1 aromatic carbocycles. The van der Waals surface area contributed by atoms with E-state index in [9.17, 15) is 9.59 Å². The fraction of sp³-hybridized carbons (Fsp3) is 0.455. The second kappa shape index (κ2) is 11.3. The van der Waals surface area contributed by atoms with Gasteiger partial charge in [0.2, 0.25) is 5.91 Å². The first-order chi connectivity index (χ1) is 14.7. The topological polar surface area (TPSA) is 134 Å². The molecule has 0 unspecified atom stereocenters. The fourth-order valence-electron chi connectivity index (χ4n) is 2.92. The van der Waals surface area contributed by atoms with Crippen molar-refractivity contribution in [2.75, 3.05) is 24.2 Å². The molecule has 1 heterocycles. The maximum absolute atomic E-state index is 12.0. The number of nitrogens with two attached hydrogens (primary N) is 1. The van der Waals surface area contributed by atoms with Gasteiger partial charge < -0.3 is 27.0 Å².